The SMILES string of the molecule is NC[C@]1(CO)O[C@@H](n2cc(-c3ccccc3)c3c(Nc4ccc(F)cc4)ncnc32)[C@H](O)[C@@H]1O. The number of hydrogen-bond acceptors (Lipinski definition) is 8. The Hall–Kier alpha value is -3.41. The fraction of sp³-hybridized carbons (Fsp3) is 0.250. The molecule has 0 bridgehead atoms. The van der Waals surface area contributed by atoms with Gasteiger partial charge in [0, 0.05) is 24.0 Å². The normalized spacial score (nSPS) is 24.6. The van der Waals surface area contributed by atoms with E-state index in [2.05, 4.69) is 15.3 Å². The predicted molar refractivity (Wildman–Crippen MR) is 124 cm³/mol. The molecule has 0 amide bonds. The summed E-state index contributed by atoms with van der Waals surface area (Å²) in [6.07, 6.45) is -0.699. The van der Waals surface area contributed by atoms with Gasteiger partial charge in [0.2, 0.25) is 0 Å². The Morgan fingerprint density at radius 2 is 1.82 bits per heavy atom. The number of aliphatic hydroxyl groups excluding tert-OH is 3. The Morgan fingerprint density at radius 3 is 2.47 bits per heavy atom. The first-order valence-corrected chi connectivity index (χ1v) is 10.8. The largest absolute Gasteiger partial charge is 0.393 e. The molecule has 0 radical (unpaired) electrons. The molecule has 4 atom stereocenters. The van der Waals surface area contributed by atoms with Gasteiger partial charge in [-0.25, -0.2) is 14.4 Å². The number of fused-ring (bicyclic) bond motifs is 1. The summed E-state index contributed by atoms with van der Waals surface area (Å²) in [5, 5.41) is 35.1. The van der Waals surface area contributed by atoms with Gasteiger partial charge in [-0.2, -0.15) is 0 Å². The first-order chi connectivity index (χ1) is 16.5. The van der Waals surface area contributed by atoms with Crippen molar-refractivity contribution >= 4 is 22.5 Å². The van der Waals surface area contributed by atoms with Crippen LogP contribution < -0.4 is 11.1 Å². The van der Waals surface area contributed by atoms with Crippen LogP contribution in [0.15, 0.2) is 67.1 Å². The standard InChI is InChI=1S/C24H24FN5O4/c25-15-6-8-16(9-7-15)29-21-18-17(14-4-2-1-3-5-14)10-30(22(18)28-13-27-21)23-19(32)20(33)24(11-26,12-31)34-23/h1-10,13,19-20,23,31-33H,11-12,26H2,(H,27,28,29)/t19-,20+,23-,24-/m1/s1. The summed E-state index contributed by atoms with van der Waals surface area (Å²) in [4.78, 5) is 8.84. The number of nitrogens with two attached hydrogens (primary N) is 1. The Morgan fingerprint density at radius 1 is 1.09 bits per heavy atom. The third-order valence-corrected chi connectivity index (χ3v) is 6.20. The number of halogens is 1. The van der Waals surface area contributed by atoms with Crippen LogP contribution in [0.3, 0.4) is 0 Å². The van der Waals surface area contributed by atoms with E-state index in [-0.39, 0.29) is 12.4 Å². The third-order valence-electron chi connectivity index (χ3n) is 6.20. The molecule has 1 aliphatic rings. The molecule has 0 spiro atoms. The van der Waals surface area contributed by atoms with Crippen LogP contribution in [0.1, 0.15) is 6.23 Å². The van der Waals surface area contributed by atoms with Gasteiger partial charge in [-0.1, -0.05) is 30.3 Å². The number of nitrogens with one attached hydrogen (secondary N) is 1. The van der Waals surface area contributed by atoms with Gasteiger partial charge < -0.3 is 35.7 Å². The Balaban J connectivity index is 1.68. The molecule has 34 heavy (non-hydrogen) atoms. The van der Waals surface area contributed by atoms with Crippen molar-refractivity contribution in [1.82, 2.24) is 14.5 Å². The molecule has 1 aliphatic heterocycles. The Labute approximate surface area is 194 Å². The van der Waals surface area contributed by atoms with Gasteiger partial charge in [-0.15, -0.1) is 0 Å². The smallest absolute Gasteiger partial charge is 0.164 e. The van der Waals surface area contributed by atoms with Gasteiger partial charge >= 0.3 is 0 Å². The maximum Gasteiger partial charge on any atom is 0.164 e. The monoisotopic (exact) mass is 465 g/mol. The fourth-order valence-electron chi connectivity index (χ4n) is 4.31. The molecule has 9 nitrogen and oxygen atoms in total. The number of hydrogen-bond donors (Lipinski definition) is 5. The topological polar surface area (TPSA) is 139 Å². The zero-order chi connectivity index (χ0) is 23.9. The van der Waals surface area contributed by atoms with Crippen molar-refractivity contribution in [2.45, 2.75) is 24.0 Å². The van der Waals surface area contributed by atoms with Gasteiger partial charge in [0.25, 0.3) is 0 Å². The molecule has 6 N–H and O–H groups in total. The number of anilines is 2. The second-order valence-corrected chi connectivity index (χ2v) is 8.24. The molecule has 176 valence electrons. The average Bonchev–Trinajstić information content (AvgIpc) is 3.38. The van der Waals surface area contributed by atoms with Crippen LogP contribution in [0.2, 0.25) is 0 Å². The molecule has 0 aliphatic carbocycles. The number of aromatic nitrogens is 3. The lowest BCUT2D eigenvalue weighted by atomic mass is 9.96. The first kappa shape index (κ1) is 22.4. The minimum atomic E-state index is -1.50. The summed E-state index contributed by atoms with van der Waals surface area (Å²) < 4.78 is 20.9. The molecular formula is C24H24FN5O4. The van der Waals surface area contributed by atoms with Crippen molar-refractivity contribution in [3.8, 4) is 11.1 Å². The van der Waals surface area contributed by atoms with Crippen molar-refractivity contribution in [2.24, 2.45) is 5.73 Å². The quantitative estimate of drug-likeness (QED) is 0.291. The molecule has 1 saturated heterocycles. The minimum Gasteiger partial charge on any atom is -0.393 e. The van der Waals surface area contributed by atoms with Crippen LogP contribution in [-0.2, 0) is 4.74 Å². The van der Waals surface area contributed by atoms with Crippen molar-refractivity contribution in [3.63, 3.8) is 0 Å². The third kappa shape index (κ3) is 3.61. The van der Waals surface area contributed by atoms with Gasteiger partial charge in [-0.3, -0.25) is 0 Å². The van der Waals surface area contributed by atoms with E-state index in [1.807, 2.05) is 30.3 Å². The molecule has 5 rings (SSSR count). The maximum absolute atomic E-state index is 13.4. The van der Waals surface area contributed by atoms with E-state index in [0.717, 1.165) is 11.1 Å². The Kier molecular flexibility index (Phi) is 5.76. The number of ether oxygens (including phenoxy) is 1. The molecule has 0 saturated carbocycles. The van der Waals surface area contributed by atoms with E-state index >= 15 is 0 Å². The van der Waals surface area contributed by atoms with E-state index < -0.39 is 30.6 Å². The van der Waals surface area contributed by atoms with E-state index in [1.54, 1.807) is 22.9 Å². The number of benzene rings is 2. The van der Waals surface area contributed by atoms with Gasteiger partial charge in [0.05, 0.1) is 12.0 Å². The van der Waals surface area contributed by atoms with E-state index in [4.69, 9.17) is 10.5 Å². The van der Waals surface area contributed by atoms with E-state index in [9.17, 15) is 19.7 Å². The number of rotatable bonds is 6. The van der Waals surface area contributed by atoms with Crippen LogP contribution in [0, 0.1) is 5.82 Å². The summed E-state index contributed by atoms with van der Waals surface area (Å²) in [5.41, 5.74) is 6.94. The highest BCUT2D eigenvalue weighted by Gasteiger charge is 2.54. The summed E-state index contributed by atoms with van der Waals surface area (Å²) >= 11 is 0. The lowest BCUT2D eigenvalue weighted by molar-refractivity contribution is -0.121. The summed E-state index contributed by atoms with van der Waals surface area (Å²) in [6, 6.07) is 15.4. The molecule has 4 aromatic rings. The second kappa shape index (κ2) is 8.75. The van der Waals surface area contributed by atoms with Crippen LogP contribution in [0.4, 0.5) is 15.9 Å². The maximum atomic E-state index is 13.4. The van der Waals surface area contributed by atoms with Crippen molar-refractivity contribution < 1.29 is 24.4 Å². The lowest BCUT2D eigenvalue weighted by Gasteiger charge is -2.28. The predicted octanol–water partition coefficient (Wildman–Crippen LogP) is 1.92. The molecule has 10 heteroatoms. The number of aliphatic hydroxyl groups is 3. The molecule has 2 aromatic heterocycles. The summed E-state index contributed by atoms with van der Waals surface area (Å²) in [6.45, 7) is -0.745. The molecule has 1 fully saturated rings. The highest BCUT2D eigenvalue weighted by Crippen LogP contribution is 2.42. The zero-order valence-corrected chi connectivity index (χ0v) is 18.0. The summed E-state index contributed by atoms with van der Waals surface area (Å²) in [7, 11) is 0. The summed E-state index contributed by atoms with van der Waals surface area (Å²) in [5.74, 6) is 0.113. The Bertz CT molecular complexity index is 1290. The van der Waals surface area contributed by atoms with Crippen molar-refractivity contribution in [1.29, 1.82) is 0 Å². The highest BCUT2D eigenvalue weighted by atomic mass is 19.1. The molecule has 2 aromatic carbocycles. The minimum absolute atomic E-state index is 0.185. The van der Waals surface area contributed by atoms with Crippen LogP contribution >= 0.6 is 0 Å². The van der Waals surface area contributed by atoms with E-state index in [1.165, 1.54) is 18.5 Å². The highest BCUT2D eigenvalue weighted by molar-refractivity contribution is 6.02. The van der Waals surface area contributed by atoms with Gasteiger partial charge in [0.1, 0.15) is 41.4 Å². The first-order valence-electron chi connectivity index (χ1n) is 10.8. The zero-order valence-electron chi connectivity index (χ0n) is 18.0. The fourth-order valence-corrected chi connectivity index (χ4v) is 4.31. The van der Waals surface area contributed by atoms with Crippen molar-refractivity contribution in [2.75, 3.05) is 18.5 Å². The van der Waals surface area contributed by atoms with E-state index in [0.29, 0.717) is 22.5 Å². The molecule has 0 unspecified atom stereocenters. The van der Waals surface area contributed by atoms with Gasteiger partial charge in [-0.05, 0) is 29.8 Å². The molecule has 3 heterocycles. The van der Waals surface area contributed by atoms with Gasteiger partial charge in [0.15, 0.2) is 6.23 Å². The molecular weight excluding hydrogens is 441 g/mol. The lowest BCUT2D eigenvalue weighted by Crippen LogP contribution is -2.51. The second-order valence-electron chi connectivity index (χ2n) is 8.24. The van der Waals surface area contributed by atoms with Crippen LogP contribution in [0.5, 0.6) is 0 Å². The average molecular weight is 465 g/mol. The van der Waals surface area contributed by atoms with Crippen LogP contribution in [-0.4, -0.2) is 60.8 Å². The van der Waals surface area contributed by atoms with Crippen molar-refractivity contribution in [3.05, 3.63) is 72.9 Å². The van der Waals surface area contributed by atoms with Crippen LogP contribution in [0.25, 0.3) is 22.2 Å². The number of nitrogens with zero attached hydrogens (tertiary/aromatic N) is 3.